The largest absolute Gasteiger partial charge is 0.445 e. The van der Waals surface area contributed by atoms with Crippen LogP contribution in [0.5, 0.6) is 0 Å². The van der Waals surface area contributed by atoms with Crippen molar-refractivity contribution in [2.75, 3.05) is 11.9 Å². The lowest BCUT2D eigenvalue weighted by atomic mass is 10.0. The number of hydrogen-bond acceptors (Lipinski definition) is 3. The highest BCUT2D eigenvalue weighted by molar-refractivity contribution is 6.67. The van der Waals surface area contributed by atoms with Gasteiger partial charge in [0.1, 0.15) is 6.61 Å². The fraction of sp³-hybridized carbons (Fsp3) is 0.200. The van der Waals surface area contributed by atoms with Crippen LogP contribution in [0.15, 0.2) is 42.7 Å². The van der Waals surface area contributed by atoms with E-state index in [1.165, 1.54) is 18.5 Å². The van der Waals surface area contributed by atoms with Gasteiger partial charge in [-0.2, -0.15) is 13.2 Å². The SMILES string of the molecule is O=C(Nc1cc(C(F)(F)F)ccc1-c1cccnc1)OCC(Cl)(Cl)Cl. The summed E-state index contributed by atoms with van der Waals surface area (Å²) in [6, 6.07) is 6.16. The highest BCUT2D eigenvalue weighted by atomic mass is 35.6. The highest BCUT2D eigenvalue weighted by Gasteiger charge is 2.31. The molecular weight excluding hydrogens is 404 g/mol. The predicted octanol–water partition coefficient (Wildman–Crippen LogP) is 5.69. The van der Waals surface area contributed by atoms with Crippen molar-refractivity contribution in [1.82, 2.24) is 4.98 Å². The van der Waals surface area contributed by atoms with Crippen molar-refractivity contribution in [2.24, 2.45) is 0 Å². The minimum atomic E-state index is -4.58. The van der Waals surface area contributed by atoms with E-state index in [1.54, 1.807) is 12.1 Å². The Balaban J connectivity index is 2.33. The molecule has 0 unspecified atom stereocenters. The van der Waals surface area contributed by atoms with Gasteiger partial charge in [0.2, 0.25) is 3.79 Å². The molecule has 1 amide bonds. The number of aromatic nitrogens is 1. The van der Waals surface area contributed by atoms with Gasteiger partial charge in [0.05, 0.1) is 11.3 Å². The van der Waals surface area contributed by atoms with Crippen LogP contribution in [-0.4, -0.2) is 21.5 Å². The van der Waals surface area contributed by atoms with E-state index in [0.29, 0.717) is 11.1 Å². The molecule has 134 valence electrons. The van der Waals surface area contributed by atoms with Crippen molar-refractivity contribution < 1.29 is 22.7 Å². The van der Waals surface area contributed by atoms with E-state index in [0.717, 1.165) is 12.1 Å². The van der Waals surface area contributed by atoms with Gasteiger partial charge in [-0.05, 0) is 18.2 Å². The van der Waals surface area contributed by atoms with Gasteiger partial charge in [0.15, 0.2) is 0 Å². The van der Waals surface area contributed by atoms with Crippen LogP contribution in [0.25, 0.3) is 11.1 Å². The molecule has 0 bridgehead atoms. The number of alkyl halides is 6. The van der Waals surface area contributed by atoms with Crippen molar-refractivity contribution in [3.8, 4) is 11.1 Å². The first-order valence-corrected chi connectivity index (χ1v) is 7.82. The van der Waals surface area contributed by atoms with Crippen LogP contribution in [-0.2, 0) is 10.9 Å². The normalized spacial score (nSPS) is 11.9. The molecule has 0 saturated carbocycles. The van der Waals surface area contributed by atoms with Gasteiger partial charge >= 0.3 is 12.3 Å². The summed E-state index contributed by atoms with van der Waals surface area (Å²) >= 11 is 16.4. The third-order valence-electron chi connectivity index (χ3n) is 2.92. The number of carbonyl (C=O) groups excluding carboxylic acids is 1. The lowest BCUT2D eigenvalue weighted by molar-refractivity contribution is -0.137. The molecule has 25 heavy (non-hydrogen) atoms. The van der Waals surface area contributed by atoms with Gasteiger partial charge in [-0.1, -0.05) is 46.9 Å². The van der Waals surface area contributed by atoms with Gasteiger partial charge in [-0.3, -0.25) is 10.3 Å². The molecule has 4 nitrogen and oxygen atoms in total. The quantitative estimate of drug-likeness (QED) is 0.658. The summed E-state index contributed by atoms with van der Waals surface area (Å²) in [7, 11) is 0. The first-order valence-electron chi connectivity index (χ1n) is 6.68. The molecule has 0 saturated heterocycles. The summed E-state index contributed by atoms with van der Waals surface area (Å²) in [6.07, 6.45) is -2.68. The van der Waals surface area contributed by atoms with Crippen LogP contribution in [0.2, 0.25) is 0 Å². The number of carbonyl (C=O) groups is 1. The average Bonchev–Trinajstić information content (AvgIpc) is 2.52. The maximum Gasteiger partial charge on any atom is 0.416 e. The number of halogens is 6. The topological polar surface area (TPSA) is 51.2 Å². The minimum absolute atomic E-state index is 0.114. The number of pyridine rings is 1. The van der Waals surface area contributed by atoms with Crippen LogP contribution >= 0.6 is 34.8 Å². The standard InChI is InChI=1S/C15H10Cl3F3N2O2/c16-14(17,18)8-25-13(24)23-12-6-10(15(19,20)21)3-4-11(12)9-2-1-5-22-7-9/h1-7H,8H2,(H,23,24). The molecule has 1 aromatic carbocycles. The average molecular weight is 414 g/mol. The second-order valence-electron chi connectivity index (χ2n) is 4.82. The molecule has 0 aliphatic carbocycles. The molecule has 0 radical (unpaired) electrons. The maximum atomic E-state index is 12.9. The molecule has 0 atom stereocenters. The maximum absolute atomic E-state index is 12.9. The monoisotopic (exact) mass is 412 g/mol. The first kappa shape index (κ1) is 19.6. The number of ether oxygens (including phenoxy) is 1. The van der Waals surface area contributed by atoms with Crippen LogP contribution in [0.3, 0.4) is 0 Å². The Morgan fingerprint density at radius 3 is 2.48 bits per heavy atom. The van der Waals surface area contributed by atoms with Crippen LogP contribution in [0.1, 0.15) is 5.56 Å². The molecule has 0 fully saturated rings. The molecule has 2 rings (SSSR count). The van der Waals surface area contributed by atoms with E-state index >= 15 is 0 Å². The summed E-state index contributed by atoms with van der Waals surface area (Å²) < 4.78 is 41.7. The molecule has 2 aromatic rings. The molecule has 1 heterocycles. The molecule has 10 heteroatoms. The Morgan fingerprint density at radius 2 is 1.92 bits per heavy atom. The van der Waals surface area contributed by atoms with Crippen molar-refractivity contribution >= 4 is 46.6 Å². The second-order valence-corrected chi connectivity index (χ2v) is 7.33. The zero-order valence-corrected chi connectivity index (χ0v) is 14.5. The van der Waals surface area contributed by atoms with Gasteiger partial charge in [0.25, 0.3) is 0 Å². The van der Waals surface area contributed by atoms with Crippen molar-refractivity contribution in [1.29, 1.82) is 0 Å². The zero-order valence-electron chi connectivity index (χ0n) is 12.3. The Hall–Kier alpha value is -1.70. The van der Waals surface area contributed by atoms with E-state index < -0.39 is 28.2 Å². The Morgan fingerprint density at radius 1 is 1.20 bits per heavy atom. The van der Waals surface area contributed by atoms with Crippen LogP contribution in [0.4, 0.5) is 23.7 Å². The first-order chi connectivity index (χ1) is 11.6. The molecule has 0 aliphatic heterocycles. The Bertz CT molecular complexity index is 750. The number of amides is 1. The van der Waals surface area contributed by atoms with Gasteiger partial charge in [-0.25, -0.2) is 4.79 Å². The van der Waals surface area contributed by atoms with Crippen LogP contribution in [0, 0.1) is 0 Å². The molecule has 1 aromatic heterocycles. The number of nitrogens with zero attached hydrogens (tertiary/aromatic N) is 1. The molecule has 0 aliphatic rings. The minimum Gasteiger partial charge on any atom is -0.445 e. The van der Waals surface area contributed by atoms with Gasteiger partial charge in [0, 0.05) is 23.5 Å². The lowest BCUT2D eigenvalue weighted by Crippen LogP contribution is -2.21. The summed E-state index contributed by atoms with van der Waals surface area (Å²) in [5.74, 6) is 0. The highest BCUT2D eigenvalue weighted by Crippen LogP contribution is 2.36. The smallest absolute Gasteiger partial charge is 0.416 e. The summed E-state index contributed by atoms with van der Waals surface area (Å²) in [6.45, 7) is -0.565. The van der Waals surface area contributed by atoms with Gasteiger partial charge in [-0.15, -0.1) is 0 Å². The second kappa shape index (κ2) is 7.68. The van der Waals surface area contributed by atoms with Crippen molar-refractivity contribution in [3.05, 3.63) is 48.3 Å². The fourth-order valence-electron chi connectivity index (χ4n) is 1.89. The fourth-order valence-corrected chi connectivity index (χ4v) is 2.05. The summed E-state index contributed by atoms with van der Waals surface area (Å²) in [5.41, 5.74) is -0.214. The number of rotatable bonds is 3. The summed E-state index contributed by atoms with van der Waals surface area (Å²) in [4.78, 5) is 15.7. The Labute approximate surface area is 155 Å². The number of nitrogens with one attached hydrogen (secondary N) is 1. The molecule has 1 N–H and O–H groups in total. The lowest BCUT2D eigenvalue weighted by Gasteiger charge is -2.16. The van der Waals surface area contributed by atoms with Crippen molar-refractivity contribution in [2.45, 2.75) is 9.97 Å². The van der Waals surface area contributed by atoms with Crippen LogP contribution < -0.4 is 5.32 Å². The van der Waals surface area contributed by atoms with Crippen molar-refractivity contribution in [3.63, 3.8) is 0 Å². The third kappa shape index (κ3) is 5.95. The zero-order chi connectivity index (χ0) is 18.7. The number of hydrogen-bond donors (Lipinski definition) is 1. The molecular formula is C15H10Cl3F3N2O2. The predicted molar refractivity (Wildman–Crippen MR) is 89.9 cm³/mol. The van der Waals surface area contributed by atoms with E-state index in [-0.39, 0.29) is 5.69 Å². The molecule has 0 spiro atoms. The van der Waals surface area contributed by atoms with E-state index in [4.69, 9.17) is 34.8 Å². The van der Waals surface area contributed by atoms with E-state index in [2.05, 4.69) is 15.0 Å². The Kier molecular flexibility index (Phi) is 6.03. The van der Waals surface area contributed by atoms with Gasteiger partial charge < -0.3 is 4.74 Å². The van der Waals surface area contributed by atoms with E-state index in [9.17, 15) is 18.0 Å². The number of benzene rings is 1. The third-order valence-corrected chi connectivity index (χ3v) is 3.25. The summed E-state index contributed by atoms with van der Waals surface area (Å²) in [5, 5.41) is 2.23. The number of anilines is 1. The van der Waals surface area contributed by atoms with E-state index in [1.807, 2.05) is 0 Å².